The standard InChI is InChI=1S/C13H26N2OS/c1-4-9-14-13(16)10(2)15-11-5-7-12(17-3)8-6-11/h10-12,15H,4-9H2,1-3H3,(H,14,16). The van der Waals surface area contributed by atoms with Gasteiger partial charge in [0, 0.05) is 17.8 Å². The molecule has 1 unspecified atom stereocenters. The van der Waals surface area contributed by atoms with Crippen molar-refractivity contribution in [3.63, 3.8) is 0 Å². The second kappa shape index (κ2) is 7.98. The molecule has 3 nitrogen and oxygen atoms in total. The summed E-state index contributed by atoms with van der Waals surface area (Å²) in [5, 5.41) is 7.22. The summed E-state index contributed by atoms with van der Waals surface area (Å²) < 4.78 is 0. The van der Waals surface area contributed by atoms with Gasteiger partial charge in [-0.25, -0.2) is 0 Å². The summed E-state index contributed by atoms with van der Waals surface area (Å²) in [6, 6.07) is 0.471. The number of carbonyl (C=O) groups is 1. The Bertz CT molecular complexity index is 227. The van der Waals surface area contributed by atoms with Crippen molar-refractivity contribution in [3.8, 4) is 0 Å². The third-order valence-corrected chi connectivity index (χ3v) is 4.57. The molecule has 1 aliphatic carbocycles. The third-order valence-electron chi connectivity index (χ3n) is 3.44. The second-order valence-electron chi connectivity index (χ2n) is 4.89. The van der Waals surface area contributed by atoms with Crippen molar-refractivity contribution in [3.05, 3.63) is 0 Å². The molecule has 0 heterocycles. The molecule has 1 atom stereocenters. The van der Waals surface area contributed by atoms with Crippen molar-refractivity contribution in [2.45, 2.75) is 63.3 Å². The molecule has 100 valence electrons. The molecule has 0 spiro atoms. The van der Waals surface area contributed by atoms with Crippen LogP contribution in [0.15, 0.2) is 0 Å². The first-order chi connectivity index (χ1) is 8.17. The molecule has 4 heteroatoms. The molecule has 0 bridgehead atoms. The highest BCUT2D eigenvalue weighted by Crippen LogP contribution is 2.26. The minimum atomic E-state index is -0.0580. The van der Waals surface area contributed by atoms with Gasteiger partial charge < -0.3 is 10.6 Å². The number of nitrogens with one attached hydrogen (secondary N) is 2. The van der Waals surface area contributed by atoms with Gasteiger partial charge in [-0.2, -0.15) is 11.8 Å². The quantitative estimate of drug-likeness (QED) is 0.767. The Morgan fingerprint density at radius 2 is 2.00 bits per heavy atom. The van der Waals surface area contributed by atoms with Gasteiger partial charge in [-0.3, -0.25) is 4.79 Å². The van der Waals surface area contributed by atoms with E-state index in [2.05, 4.69) is 23.8 Å². The lowest BCUT2D eigenvalue weighted by molar-refractivity contribution is -0.123. The monoisotopic (exact) mass is 258 g/mol. The zero-order valence-corrected chi connectivity index (χ0v) is 12.1. The van der Waals surface area contributed by atoms with Crippen LogP contribution in [0.5, 0.6) is 0 Å². The summed E-state index contributed by atoms with van der Waals surface area (Å²) in [7, 11) is 0. The van der Waals surface area contributed by atoms with Gasteiger partial charge in [0.15, 0.2) is 0 Å². The van der Waals surface area contributed by atoms with E-state index < -0.39 is 0 Å². The molecule has 0 aromatic heterocycles. The van der Waals surface area contributed by atoms with E-state index in [1.165, 1.54) is 25.7 Å². The number of carbonyl (C=O) groups excluding carboxylic acids is 1. The van der Waals surface area contributed by atoms with Crippen LogP contribution < -0.4 is 10.6 Å². The average Bonchev–Trinajstić information content (AvgIpc) is 2.36. The van der Waals surface area contributed by atoms with E-state index in [9.17, 15) is 4.79 Å². The van der Waals surface area contributed by atoms with Crippen molar-refractivity contribution >= 4 is 17.7 Å². The molecule has 17 heavy (non-hydrogen) atoms. The van der Waals surface area contributed by atoms with Gasteiger partial charge in [-0.1, -0.05) is 6.92 Å². The highest BCUT2D eigenvalue weighted by Gasteiger charge is 2.23. The smallest absolute Gasteiger partial charge is 0.236 e. The maximum atomic E-state index is 11.7. The zero-order chi connectivity index (χ0) is 12.7. The largest absolute Gasteiger partial charge is 0.355 e. The number of thioether (sulfide) groups is 1. The van der Waals surface area contributed by atoms with Crippen LogP contribution in [0.1, 0.15) is 46.0 Å². The first kappa shape index (κ1) is 14.8. The highest BCUT2D eigenvalue weighted by atomic mass is 32.2. The van der Waals surface area contributed by atoms with Gasteiger partial charge in [0.2, 0.25) is 5.91 Å². The second-order valence-corrected chi connectivity index (χ2v) is 6.03. The Labute approximate surface area is 109 Å². The SMILES string of the molecule is CCCNC(=O)C(C)NC1CCC(SC)CC1. The fourth-order valence-corrected chi connectivity index (χ4v) is 3.04. The molecular weight excluding hydrogens is 232 g/mol. The molecule has 0 aromatic carbocycles. The Kier molecular flexibility index (Phi) is 6.97. The molecule has 0 aliphatic heterocycles. The summed E-state index contributed by atoms with van der Waals surface area (Å²) in [6.45, 7) is 4.82. The summed E-state index contributed by atoms with van der Waals surface area (Å²) in [5.74, 6) is 0.138. The van der Waals surface area contributed by atoms with Crippen molar-refractivity contribution in [1.82, 2.24) is 10.6 Å². The number of hydrogen-bond acceptors (Lipinski definition) is 3. The number of hydrogen-bond donors (Lipinski definition) is 2. The van der Waals surface area contributed by atoms with Gasteiger partial charge >= 0.3 is 0 Å². The van der Waals surface area contributed by atoms with Gasteiger partial charge in [-0.15, -0.1) is 0 Å². The van der Waals surface area contributed by atoms with E-state index in [0.717, 1.165) is 18.2 Å². The van der Waals surface area contributed by atoms with Gasteiger partial charge in [-0.05, 0) is 45.3 Å². The maximum absolute atomic E-state index is 11.7. The predicted molar refractivity (Wildman–Crippen MR) is 75.5 cm³/mol. The molecule has 2 N–H and O–H groups in total. The first-order valence-corrected chi connectivity index (χ1v) is 8.02. The molecule has 1 fully saturated rings. The van der Waals surface area contributed by atoms with Crippen LogP contribution in [0.3, 0.4) is 0 Å². The molecule has 1 rings (SSSR count). The van der Waals surface area contributed by atoms with Crippen LogP contribution in [0.4, 0.5) is 0 Å². The van der Waals surface area contributed by atoms with Crippen molar-refractivity contribution < 1.29 is 4.79 Å². The predicted octanol–water partition coefficient (Wildman–Crippen LogP) is 2.16. The van der Waals surface area contributed by atoms with Crippen LogP contribution in [-0.4, -0.2) is 36.0 Å². The summed E-state index contributed by atoms with van der Waals surface area (Å²) in [6.07, 6.45) is 8.16. The van der Waals surface area contributed by atoms with Crippen molar-refractivity contribution in [2.24, 2.45) is 0 Å². The third kappa shape index (κ3) is 5.30. The molecule has 0 saturated heterocycles. The molecule has 0 aromatic rings. The van der Waals surface area contributed by atoms with Crippen LogP contribution >= 0.6 is 11.8 Å². The Balaban J connectivity index is 2.22. The van der Waals surface area contributed by atoms with E-state index in [1.54, 1.807) is 0 Å². The molecule has 0 radical (unpaired) electrons. The first-order valence-electron chi connectivity index (χ1n) is 6.74. The van der Waals surface area contributed by atoms with Crippen LogP contribution in [0.25, 0.3) is 0 Å². The number of rotatable bonds is 6. The van der Waals surface area contributed by atoms with Crippen LogP contribution in [0.2, 0.25) is 0 Å². The zero-order valence-electron chi connectivity index (χ0n) is 11.3. The van der Waals surface area contributed by atoms with Crippen molar-refractivity contribution in [1.29, 1.82) is 0 Å². The van der Waals surface area contributed by atoms with E-state index >= 15 is 0 Å². The lowest BCUT2D eigenvalue weighted by atomic mass is 9.94. The van der Waals surface area contributed by atoms with Gasteiger partial charge in [0.25, 0.3) is 0 Å². The van der Waals surface area contributed by atoms with E-state index in [1.807, 2.05) is 18.7 Å². The van der Waals surface area contributed by atoms with Gasteiger partial charge in [0.05, 0.1) is 6.04 Å². The van der Waals surface area contributed by atoms with Crippen LogP contribution in [0, 0.1) is 0 Å². The summed E-state index contributed by atoms with van der Waals surface area (Å²) in [4.78, 5) is 11.7. The van der Waals surface area contributed by atoms with E-state index in [-0.39, 0.29) is 11.9 Å². The lowest BCUT2D eigenvalue weighted by Gasteiger charge is -2.30. The van der Waals surface area contributed by atoms with Crippen LogP contribution in [-0.2, 0) is 4.79 Å². The summed E-state index contributed by atoms with van der Waals surface area (Å²) in [5.41, 5.74) is 0. The maximum Gasteiger partial charge on any atom is 0.236 e. The van der Waals surface area contributed by atoms with E-state index in [4.69, 9.17) is 0 Å². The molecule has 1 saturated carbocycles. The molecule has 1 amide bonds. The van der Waals surface area contributed by atoms with Gasteiger partial charge in [0.1, 0.15) is 0 Å². The minimum Gasteiger partial charge on any atom is -0.355 e. The fourth-order valence-electron chi connectivity index (χ4n) is 2.30. The Morgan fingerprint density at radius 3 is 2.53 bits per heavy atom. The van der Waals surface area contributed by atoms with Crippen molar-refractivity contribution in [2.75, 3.05) is 12.8 Å². The fraction of sp³-hybridized carbons (Fsp3) is 0.923. The Hall–Kier alpha value is -0.220. The lowest BCUT2D eigenvalue weighted by Crippen LogP contribution is -2.47. The van der Waals surface area contributed by atoms with E-state index in [0.29, 0.717) is 6.04 Å². The molecular formula is C13H26N2OS. The number of amides is 1. The minimum absolute atomic E-state index is 0.0580. The highest BCUT2D eigenvalue weighted by molar-refractivity contribution is 7.99. The Morgan fingerprint density at radius 1 is 1.35 bits per heavy atom. The normalized spacial score (nSPS) is 26.5. The topological polar surface area (TPSA) is 41.1 Å². The average molecular weight is 258 g/mol. The molecule has 1 aliphatic rings. The summed E-state index contributed by atoms with van der Waals surface area (Å²) >= 11 is 1.98.